The second-order valence-corrected chi connectivity index (χ2v) is 5.31. The lowest BCUT2D eigenvalue weighted by atomic mass is 9.93. The van der Waals surface area contributed by atoms with E-state index in [2.05, 4.69) is 17.6 Å². The molecule has 0 heterocycles. The number of carboxylic acid groups (broad SMARTS) is 1. The molecule has 1 aliphatic rings. The molecule has 0 spiro atoms. The first-order valence-electron chi connectivity index (χ1n) is 6.75. The number of rotatable bonds is 5. The number of urea groups is 1. The molecule has 2 unspecified atom stereocenters. The summed E-state index contributed by atoms with van der Waals surface area (Å²) in [6.45, 7) is 5.71. The summed E-state index contributed by atoms with van der Waals surface area (Å²) in [7, 11) is 0. The molecule has 5 nitrogen and oxygen atoms in total. The van der Waals surface area contributed by atoms with E-state index in [4.69, 9.17) is 0 Å². The number of carbonyl (C=O) groups excluding carboxylic acids is 1. The van der Waals surface area contributed by atoms with Gasteiger partial charge in [-0.15, -0.1) is 0 Å². The van der Waals surface area contributed by atoms with E-state index in [1.165, 1.54) is 0 Å². The van der Waals surface area contributed by atoms with E-state index in [1.807, 2.05) is 0 Å². The van der Waals surface area contributed by atoms with Gasteiger partial charge in [-0.25, -0.2) is 9.59 Å². The molecule has 18 heavy (non-hydrogen) atoms. The molecule has 2 amide bonds. The minimum atomic E-state index is -1.14. The maximum Gasteiger partial charge on any atom is 0.329 e. The van der Waals surface area contributed by atoms with Crippen molar-refractivity contribution in [2.75, 3.05) is 0 Å². The van der Waals surface area contributed by atoms with Gasteiger partial charge in [0.15, 0.2) is 0 Å². The Morgan fingerprint density at radius 2 is 1.89 bits per heavy atom. The van der Waals surface area contributed by atoms with Gasteiger partial charge < -0.3 is 15.7 Å². The van der Waals surface area contributed by atoms with E-state index >= 15 is 0 Å². The third-order valence-electron chi connectivity index (χ3n) is 4.00. The Bertz CT molecular complexity index is 313. The van der Waals surface area contributed by atoms with Gasteiger partial charge >= 0.3 is 12.0 Å². The van der Waals surface area contributed by atoms with Crippen LogP contribution in [-0.4, -0.2) is 28.7 Å². The smallest absolute Gasteiger partial charge is 0.329 e. The van der Waals surface area contributed by atoms with Crippen molar-refractivity contribution in [3.05, 3.63) is 0 Å². The molecule has 3 N–H and O–H groups in total. The molecule has 0 aromatic carbocycles. The van der Waals surface area contributed by atoms with Gasteiger partial charge in [-0.05, 0) is 38.0 Å². The highest BCUT2D eigenvalue weighted by Crippen LogP contribution is 2.24. The first kappa shape index (κ1) is 14.8. The van der Waals surface area contributed by atoms with Crippen LogP contribution in [0.2, 0.25) is 0 Å². The molecule has 0 saturated heterocycles. The third-order valence-corrected chi connectivity index (χ3v) is 4.00. The number of hydrogen-bond donors (Lipinski definition) is 3. The van der Waals surface area contributed by atoms with E-state index in [0.29, 0.717) is 18.8 Å². The van der Waals surface area contributed by atoms with E-state index in [1.54, 1.807) is 13.8 Å². The van der Waals surface area contributed by atoms with Crippen molar-refractivity contribution in [3.8, 4) is 0 Å². The third kappa shape index (κ3) is 3.37. The second kappa shape index (κ2) is 6.07. The van der Waals surface area contributed by atoms with Crippen molar-refractivity contribution < 1.29 is 14.7 Å². The van der Waals surface area contributed by atoms with E-state index in [0.717, 1.165) is 19.3 Å². The Kier molecular flexibility index (Phi) is 4.99. The zero-order valence-electron chi connectivity index (χ0n) is 11.5. The fraction of sp³-hybridized carbons (Fsp3) is 0.846. The Hall–Kier alpha value is -1.26. The van der Waals surface area contributed by atoms with Crippen LogP contribution in [0.15, 0.2) is 0 Å². The Balaban J connectivity index is 2.54. The maximum atomic E-state index is 11.9. The minimum Gasteiger partial charge on any atom is -0.480 e. The van der Waals surface area contributed by atoms with E-state index in [9.17, 15) is 14.7 Å². The molecule has 0 aromatic rings. The first-order valence-corrected chi connectivity index (χ1v) is 6.75. The average molecular weight is 256 g/mol. The summed E-state index contributed by atoms with van der Waals surface area (Å²) < 4.78 is 0. The minimum absolute atomic E-state index is 0.181. The molecule has 0 aromatic heterocycles. The van der Waals surface area contributed by atoms with Crippen LogP contribution in [0.4, 0.5) is 4.79 Å². The highest BCUT2D eigenvalue weighted by molar-refractivity contribution is 5.86. The van der Waals surface area contributed by atoms with Gasteiger partial charge in [0.25, 0.3) is 0 Å². The predicted molar refractivity (Wildman–Crippen MR) is 69.4 cm³/mol. The normalized spacial score (nSPS) is 23.7. The maximum absolute atomic E-state index is 11.9. The quantitative estimate of drug-likeness (QED) is 0.705. The Labute approximate surface area is 108 Å². The van der Waals surface area contributed by atoms with Crippen molar-refractivity contribution in [1.29, 1.82) is 0 Å². The molecule has 1 fully saturated rings. The van der Waals surface area contributed by atoms with Crippen molar-refractivity contribution in [2.24, 2.45) is 5.92 Å². The summed E-state index contributed by atoms with van der Waals surface area (Å²) in [5, 5.41) is 14.7. The Morgan fingerprint density at radius 1 is 1.28 bits per heavy atom. The summed E-state index contributed by atoms with van der Waals surface area (Å²) in [4.78, 5) is 23.1. The summed E-state index contributed by atoms with van der Waals surface area (Å²) in [6, 6.07) is -0.180. The lowest BCUT2D eigenvalue weighted by Gasteiger charge is -2.28. The van der Waals surface area contributed by atoms with Gasteiger partial charge in [0.05, 0.1) is 0 Å². The summed E-state index contributed by atoms with van der Waals surface area (Å²) in [5.41, 5.74) is -1.14. The van der Waals surface area contributed by atoms with Gasteiger partial charge in [0.1, 0.15) is 5.54 Å². The summed E-state index contributed by atoms with van der Waals surface area (Å²) in [5.74, 6) is -0.334. The number of aliphatic carboxylic acids is 1. The van der Waals surface area contributed by atoms with Crippen LogP contribution in [-0.2, 0) is 4.79 Å². The fourth-order valence-corrected chi connectivity index (χ4v) is 2.56. The zero-order chi connectivity index (χ0) is 13.8. The van der Waals surface area contributed by atoms with Crippen LogP contribution in [0, 0.1) is 5.92 Å². The van der Waals surface area contributed by atoms with Gasteiger partial charge in [-0.1, -0.05) is 20.8 Å². The largest absolute Gasteiger partial charge is 0.480 e. The molecule has 1 aliphatic carbocycles. The molecule has 5 heteroatoms. The topological polar surface area (TPSA) is 78.4 Å². The van der Waals surface area contributed by atoms with Crippen LogP contribution < -0.4 is 10.6 Å². The summed E-state index contributed by atoms with van der Waals surface area (Å²) >= 11 is 0. The molecule has 104 valence electrons. The molecular weight excluding hydrogens is 232 g/mol. The van der Waals surface area contributed by atoms with Crippen LogP contribution in [0.1, 0.15) is 52.9 Å². The van der Waals surface area contributed by atoms with Gasteiger partial charge in [0, 0.05) is 6.04 Å². The van der Waals surface area contributed by atoms with E-state index in [-0.39, 0.29) is 12.1 Å². The number of carboxylic acids is 1. The van der Waals surface area contributed by atoms with Crippen molar-refractivity contribution in [3.63, 3.8) is 0 Å². The molecule has 2 atom stereocenters. The number of nitrogens with one attached hydrogen (secondary N) is 2. The number of amides is 2. The second-order valence-electron chi connectivity index (χ2n) is 5.31. The highest BCUT2D eigenvalue weighted by atomic mass is 16.4. The number of carbonyl (C=O) groups is 2. The number of hydrogen-bond acceptors (Lipinski definition) is 2. The monoisotopic (exact) mass is 256 g/mol. The molecule has 0 bridgehead atoms. The van der Waals surface area contributed by atoms with Gasteiger partial charge in [-0.2, -0.15) is 0 Å². The van der Waals surface area contributed by atoms with Crippen LogP contribution in [0.3, 0.4) is 0 Å². The molecular formula is C13H24N2O3. The van der Waals surface area contributed by atoms with Crippen molar-refractivity contribution in [1.82, 2.24) is 10.6 Å². The van der Waals surface area contributed by atoms with Crippen molar-refractivity contribution in [2.45, 2.75) is 64.5 Å². The van der Waals surface area contributed by atoms with Crippen LogP contribution in [0.5, 0.6) is 0 Å². The van der Waals surface area contributed by atoms with Gasteiger partial charge in [0.2, 0.25) is 0 Å². The highest BCUT2D eigenvalue weighted by Gasteiger charge is 2.37. The molecule has 1 rings (SSSR count). The van der Waals surface area contributed by atoms with Crippen LogP contribution in [0.25, 0.3) is 0 Å². The lowest BCUT2D eigenvalue weighted by Crippen LogP contribution is -2.57. The standard InChI is InChI=1S/C13H24N2O3/c1-4-13(5-2,11(16)17)15-12(18)14-10-7-6-9(3)8-10/h9-10H,4-8H2,1-3H3,(H,16,17)(H2,14,15,18). The van der Waals surface area contributed by atoms with E-state index < -0.39 is 11.5 Å². The van der Waals surface area contributed by atoms with Crippen LogP contribution >= 0.6 is 0 Å². The lowest BCUT2D eigenvalue weighted by molar-refractivity contribution is -0.144. The SMILES string of the molecule is CCC(CC)(NC(=O)NC1CCC(C)C1)C(=O)O. The van der Waals surface area contributed by atoms with Gasteiger partial charge in [-0.3, -0.25) is 0 Å². The summed E-state index contributed by atoms with van der Waals surface area (Å²) in [6.07, 6.45) is 3.84. The van der Waals surface area contributed by atoms with Crippen molar-refractivity contribution >= 4 is 12.0 Å². The molecule has 0 radical (unpaired) electrons. The zero-order valence-corrected chi connectivity index (χ0v) is 11.5. The Morgan fingerprint density at radius 3 is 2.28 bits per heavy atom. The molecule has 1 saturated carbocycles. The average Bonchev–Trinajstić information content (AvgIpc) is 2.71. The fourth-order valence-electron chi connectivity index (χ4n) is 2.56. The molecule has 0 aliphatic heterocycles. The first-order chi connectivity index (χ1) is 8.43. The predicted octanol–water partition coefficient (Wildman–Crippen LogP) is 2.12.